The van der Waals surface area contributed by atoms with E-state index in [-0.39, 0.29) is 16.2 Å². The number of ether oxygens (including phenoxy) is 1. The Morgan fingerprint density at radius 3 is 2.76 bits per heavy atom. The zero-order chi connectivity index (χ0) is 15.5. The maximum absolute atomic E-state index is 11.0. The molecular weight excluding hydrogens is 268 g/mol. The molecule has 1 fully saturated rings. The van der Waals surface area contributed by atoms with Gasteiger partial charge in [-0.25, -0.2) is 0 Å². The lowest BCUT2D eigenvalue weighted by molar-refractivity contribution is -0.385. The van der Waals surface area contributed by atoms with Crippen LogP contribution in [0.4, 0.5) is 11.4 Å². The molecule has 5 nitrogen and oxygen atoms in total. The second-order valence-electron chi connectivity index (χ2n) is 5.83. The van der Waals surface area contributed by atoms with Crippen molar-refractivity contribution in [3.63, 3.8) is 0 Å². The molecule has 1 heterocycles. The number of nitrogens with one attached hydrogen (secondary N) is 1. The SMILES string of the molecule is CCC1(CC)CC(Nc2ccc(C)c([N+](=O)[O-])c2)CCO1. The zero-order valence-corrected chi connectivity index (χ0v) is 13.0. The molecule has 1 saturated heterocycles. The van der Waals surface area contributed by atoms with Crippen molar-refractivity contribution in [2.45, 2.75) is 58.1 Å². The number of nitrogens with zero attached hydrogens (tertiary/aromatic N) is 1. The van der Waals surface area contributed by atoms with E-state index in [2.05, 4.69) is 19.2 Å². The van der Waals surface area contributed by atoms with Crippen LogP contribution >= 0.6 is 0 Å². The molecule has 1 aliphatic heterocycles. The van der Waals surface area contributed by atoms with Gasteiger partial charge in [-0.3, -0.25) is 10.1 Å². The van der Waals surface area contributed by atoms with E-state index in [1.54, 1.807) is 19.1 Å². The van der Waals surface area contributed by atoms with E-state index < -0.39 is 0 Å². The topological polar surface area (TPSA) is 64.4 Å². The predicted octanol–water partition coefficient (Wildman–Crippen LogP) is 4.05. The largest absolute Gasteiger partial charge is 0.382 e. The Morgan fingerprint density at radius 2 is 2.14 bits per heavy atom. The first-order chi connectivity index (χ1) is 9.99. The van der Waals surface area contributed by atoms with Gasteiger partial charge in [0.1, 0.15) is 0 Å². The summed E-state index contributed by atoms with van der Waals surface area (Å²) in [5, 5.41) is 14.5. The van der Waals surface area contributed by atoms with Gasteiger partial charge in [0.05, 0.1) is 10.5 Å². The standard InChI is InChI=1S/C16H24N2O3/c1-4-16(5-2)11-14(8-9-21-16)17-13-7-6-12(3)15(10-13)18(19)20/h6-7,10,14,17H,4-5,8-9,11H2,1-3H3. The fraction of sp³-hybridized carbons (Fsp3) is 0.625. The molecule has 1 aliphatic rings. The van der Waals surface area contributed by atoms with Gasteiger partial charge in [-0.15, -0.1) is 0 Å². The van der Waals surface area contributed by atoms with Crippen LogP contribution in [0, 0.1) is 17.0 Å². The second kappa shape index (κ2) is 6.43. The zero-order valence-electron chi connectivity index (χ0n) is 13.0. The highest BCUT2D eigenvalue weighted by Gasteiger charge is 2.34. The van der Waals surface area contributed by atoms with E-state index in [0.29, 0.717) is 11.6 Å². The van der Waals surface area contributed by atoms with Crippen molar-refractivity contribution in [3.8, 4) is 0 Å². The fourth-order valence-electron chi connectivity index (χ4n) is 3.03. The van der Waals surface area contributed by atoms with Crippen molar-refractivity contribution in [2.24, 2.45) is 0 Å². The third kappa shape index (κ3) is 3.53. The maximum Gasteiger partial charge on any atom is 0.274 e. The lowest BCUT2D eigenvalue weighted by atomic mass is 9.86. The van der Waals surface area contributed by atoms with Crippen LogP contribution in [0.3, 0.4) is 0 Å². The number of nitro groups is 1. The van der Waals surface area contributed by atoms with Crippen LogP contribution in [0.15, 0.2) is 18.2 Å². The number of aryl methyl sites for hydroxylation is 1. The average molecular weight is 292 g/mol. The smallest absolute Gasteiger partial charge is 0.274 e. The Hall–Kier alpha value is -1.62. The Labute approximate surface area is 125 Å². The molecule has 2 rings (SSSR count). The van der Waals surface area contributed by atoms with Crippen LogP contribution in [0.2, 0.25) is 0 Å². The van der Waals surface area contributed by atoms with Crippen LogP contribution in [-0.2, 0) is 4.74 Å². The summed E-state index contributed by atoms with van der Waals surface area (Å²) in [5.74, 6) is 0. The van der Waals surface area contributed by atoms with Gasteiger partial charge < -0.3 is 10.1 Å². The van der Waals surface area contributed by atoms with Crippen molar-refractivity contribution < 1.29 is 9.66 Å². The van der Waals surface area contributed by atoms with E-state index in [1.807, 2.05) is 6.07 Å². The molecule has 1 unspecified atom stereocenters. The Balaban J connectivity index is 2.11. The molecule has 1 aromatic carbocycles. The van der Waals surface area contributed by atoms with E-state index >= 15 is 0 Å². The summed E-state index contributed by atoms with van der Waals surface area (Å²) < 4.78 is 5.96. The first-order valence-electron chi connectivity index (χ1n) is 7.65. The van der Waals surface area contributed by atoms with Gasteiger partial charge in [0.2, 0.25) is 0 Å². The summed E-state index contributed by atoms with van der Waals surface area (Å²) in [6, 6.07) is 5.65. The molecule has 0 amide bonds. The molecule has 5 heteroatoms. The van der Waals surface area contributed by atoms with E-state index in [1.165, 1.54) is 0 Å². The third-order valence-electron chi connectivity index (χ3n) is 4.56. The molecule has 1 N–H and O–H groups in total. The summed E-state index contributed by atoms with van der Waals surface area (Å²) in [6.07, 6.45) is 3.87. The molecule has 1 atom stereocenters. The Kier molecular flexibility index (Phi) is 4.83. The highest BCUT2D eigenvalue weighted by molar-refractivity contribution is 5.55. The van der Waals surface area contributed by atoms with Crippen LogP contribution in [-0.4, -0.2) is 23.2 Å². The number of hydrogen-bond acceptors (Lipinski definition) is 4. The van der Waals surface area contributed by atoms with Crippen molar-refractivity contribution >= 4 is 11.4 Å². The Morgan fingerprint density at radius 1 is 1.43 bits per heavy atom. The molecular formula is C16H24N2O3. The van der Waals surface area contributed by atoms with Crippen LogP contribution < -0.4 is 5.32 Å². The summed E-state index contributed by atoms with van der Waals surface area (Å²) in [5.41, 5.74) is 1.63. The van der Waals surface area contributed by atoms with Gasteiger partial charge in [0.15, 0.2) is 0 Å². The summed E-state index contributed by atoms with van der Waals surface area (Å²) in [4.78, 5) is 10.7. The van der Waals surface area contributed by atoms with Gasteiger partial charge in [-0.05, 0) is 38.7 Å². The highest BCUT2D eigenvalue weighted by atomic mass is 16.6. The molecule has 0 aromatic heterocycles. The third-order valence-corrected chi connectivity index (χ3v) is 4.56. The minimum absolute atomic E-state index is 0.0491. The molecule has 0 bridgehead atoms. The quantitative estimate of drug-likeness (QED) is 0.656. The van der Waals surface area contributed by atoms with Gasteiger partial charge in [-0.2, -0.15) is 0 Å². The van der Waals surface area contributed by atoms with Crippen LogP contribution in [0.1, 0.15) is 45.1 Å². The summed E-state index contributed by atoms with van der Waals surface area (Å²) in [7, 11) is 0. The monoisotopic (exact) mass is 292 g/mol. The number of nitro benzene ring substituents is 1. The average Bonchev–Trinajstić information content (AvgIpc) is 2.49. The molecule has 1 aromatic rings. The molecule has 0 saturated carbocycles. The maximum atomic E-state index is 11.0. The van der Waals surface area contributed by atoms with E-state index in [9.17, 15) is 10.1 Å². The van der Waals surface area contributed by atoms with Crippen LogP contribution in [0.25, 0.3) is 0 Å². The van der Waals surface area contributed by atoms with Crippen molar-refractivity contribution in [1.29, 1.82) is 0 Å². The molecule has 21 heavy (non-hydrogen) atoms. The van der Waals surface area contributed by atoms with Gasteiger partial charge in [-0.1, -0.05) is 19.9 Å². The number of benzene rings is 1. The van der Waals surface area contributed by atoms with Crippen molar-refractivity contribution in [1.82, 2.24) is 0 Å². The highest BCUT2D eigenvalue weighted by Crippen LogP contribution is 2.33. The molecule has 0 spiro atoms. The van der Waals surface area contributed by atoms with Gasteiger partial charge in [0, 0.05) is 30.0 Å². The first kappa shape index (κ1) is 15.8. The number of rotatable bonds is 5. The number of anilines is 1. The Bertz CT molecular complexity index is 512. The first-order valence-corrected chi connectivity index (χ1v) is 7.65. The second-order valence-corrected chi connectivity index (χ2v) is 5.83. The lowest BCUT2D eigenvalue weighted by Crippen LogP contribution is -2.43. The fourth-order valence-corrected chi connectivity index (χ4v) is 3.03. The number of hydrogen-bond donors (Lipinski definition) is 1. The van der Waals surface area contributed by atoms with Crippen molar-refractivity contribution in [3.05, 3.63) is 33.9 Å². The van der Waals surface area contributed by atoms with E-state index in [0.717, 1.165) is 38.0 Å². The molecule has 0 radical (unpaired) electrons. The van der Waals surface area contributed by atoms with Crippen LogP contribution in [0.5, 0.6) is 0 Å². The predicted molar refractivity (Wildman–Crippen MR) is 83.7 cm³/mol. The summed E-state index contributed by atoms with van der Waals surface area (Å²) in [6.45, 7) is 6.81. The summed E-state index contributed by atoms with van der Waals surface area (Å²) >= 11 is 0. The normalized spacial score (nSPS) is 21.0. The van der Waals surface area contributed by atoms with Crippen molar-refractivity contribution in [2.75, 3.05) is 11.9 Å². The molecule has 0 aliphatic carbocycles. The van der Waals surface area contributed by atoms with Gasteiger partial charge in [0.25, 0.3) is 5.69 Å². The minimum atomic E-state index is -0.327. The lowest BCUT2D eigenvalue weighted by Gasteiger charge is -2.40. The van der Waals surface area contributed by atoms with E-state index in [4.69, 9.17) is 4.74 Å². The minimum Gasteiger partial charge on any atom is -0.382 e. The molecule has 116 valence electrons. The van der Waals surface area contributed by atoms with Gasteiger partial charge >= 0.3 is 0 Å².